The van der Waals surface area contributed by atoms with Gasteiger partial charge < -0.3 is 15.1 Å². The number of benzene rings is 2. The molecular weight excluding hydrogens is 372 g/mol. The van der Waals surface area contributed by atoms with Crippen LogP contribution in [0.4, 0.5) is 17.2 Å². The van der Waals surface area contributed by atoms with Crippen molar-refractivity contribution in [3.8, 4) is 0 Å². The predicted octanol–water partition coefficient (Wildman–Crippen LogP) is 4.31. The number of amides is 1. The minimum atomic E-state index is -0.200. The second kappa shape index (κ2) is 8.31. The maximum Gasteiger partial charge on any atom is 0.255 e. The van der Waals surface area contributed by atoms with Crippen molar-refractivity contribution in [1.29, 1.82) is 0 Å². The molecule has 142 valence electrons. The standard InChI is InChI=1S/C22H21ClN4O/c23-18-6-4-5-17(15-18)22(28)25-19-9-10-21(24-16-19)27-13-11-26(12-14-27)20-7-2-1-3-8-20/h1-10,15-16H,11-14H2,(H,25,28). The Hall–Kier alpha value is -3.05. The van der Waals surface area contributed by atoms with Gasteiger partial charge in [-0.25, -0.2) is 4.98 Å². The quantitative estimate of drug-likeness (QED) is 0.718. The summed E-state index contributed by atoms with van der Waals surface area (Å²) in [6, 6.07) is 21.2. The van der Waals surface area contributed by atoms with E-state index in [-0.39, 0.29) is 5.91 Å². The Bertz CT molecular complexity index is 938. The molecule has 0 aliphatic carbocycles. The molecule has 0 atom stereocenters. The van der Waals surface area contributed by atoms with Crippen molar-refractivity contribution in [1.82, 2.24) is 4.98 Å². The zero-order chi connectivity index (χ0) is 19.3. The highest BCUT2D eigenvalue weighted by molar-refractivity contribution is 6.31. The minimum Gasteiger partial charge on any atom is -0.368 e. The van der Waals surface area contributed by atoms with Crippen molar-refractivity contribution >= 4 is 34.7 Å². The first-order valence-electron chi connectivity index (χ1n) is 9.27. The third-order valence-corrected chi connectivity index (χ3v) is 5.05. The van der Waals surface area contributed by atoms with Crippen LogP contribution in [-0.4, -0.2) is 37.1 Å². The molecule has 1 aliphatic heterocycles. The number of piperazine rings is 1. The lowest BCUT2D eigenvalue weighted by atomic mass is 10.2. The van der Waals surface area contributed by atoms with Crippen molar-refractivity contribution in [3.05, 3.63) is 83.5 Å². The van der Waals surface area contributed by atoms with E-state index in [2.05, 4.69) is 44.4 Å². The smallest absolute Gasteiger partial charge is 0.255 e. The first kappa shape index (κ1) is 18.3. The van der Waals surface area contributed by atoms with Crippen LogP contribution < -0.4 is 15.1 Å². The molecule has 1 fully saturated rings. The fourth-order valence-corrected chi connectivity index (χ4v) is 3.50. The number of para-hydroxylation sites is 1. The zero-order valence-electron chi connectivity index (χ0n) is 15.4. The number of carbonyl (C=O) groups is 1. The molecule has 28 heavy (non-hydrogen) atoms. The molecule has 6 heteroatoms. The Kier molecular flexibility index (Phi) is 5.44. The Morgan fingerprint density at radius 2 is 1.64 bits per heavy atom. The summed E-state index contributed by atoms with van der Waals surface area (Å²) in [5, 5.41) is 3.40. The number of anilines is 3. The first-order valence-corrected chi connectivity index (χ1v) is 9.65. The van der Waals surface area contributed by atoms with Gasteiger partial charge >= 0.3 is 0 Å². The molecule has 0 bridgehead atoms. The van der Waals surface area contributed by atoms with Gasteiger partial charge in [-0.1, -0.05) is 35.9 Å². The molecule has 0 unspecified atom stereocenters. The Balaban J connectivity index is 1.35. The number of pyridine rings is 1. The van der Waals surface area contributed by atoms with E-state index in [0.717, 1.165) is 32.0 Å². The summed E-state index contributed by atoms with van der Waals surface area (Å²) in [6.45, 7) is 3.74. The van der Waals surface area contributed by atoms with Crippen LogP contribution in [0.3, 0.4) is 0 Å². The third kappa shape index (κ3) is 4.26. The highest BCUT2D eigenvalue weighted by Gasteiger charge is 2.18. The van der Waals surface area contributed by atoms with Gasteiger partial charge in [-0.15, -0.1) is 0 Å². The van der Waals surface area contributed by atoms with E-state index in [1.165, 1.54) is 5.69 Å². The molecule has 0 saturated carbocycles. The maximum absolute atomic E-state index is 12.3. The van der Waals surface area contributed by atoms with Crippen LogP contribution >= 0.6 is 11.6 Å². The summed E-state index contributed by atoms with van der Waals surface area (Å²) in [5.41, 5.74) is 2.44. The molecule has 1 aromatic heterocycles. The van der Waals surface area contributed by atoms with E-state index in [0.29, 0.717) is 16.3 Å². The number of rotatable bonds is 4. The van der Waals surface area contributed by atoms with E-state index in [1.807, 2.05) is 18.2 Å². The number of hydrogen-bond donors (Lipinski definition) is 1. The lowest BCUT2D eigenvalue weighted by molar-refractivity contribution is 0.102. The molecule has 5 nitrogen and oxygen atoms in total. The number of carbonyl (C=O) groups excluding carboxylic acids is 1. The van der Waals surface area contributed by atoms with Gasteiger partial charge in [0, 0.05) is 42.5 Å². The maximum atomic E-state index is 12.3. The molecule has 1 N–H and O–H groups in total. The largest absolute Gasteiger partial charge is 0.368 e. The Morgan fingerprint density at radius 1 is 0.893 bits per heavy atom. The first-order chi connectivity index (χ1) is 13.7. The fraction of sp³-hybridized carbons (Fsp3) is 0.182. The molecule has 1 aliphatic rings. The summed E-state index contributed by atoms with van der Waals surface area (Å²) in [5.74, 6) is 0.724. The predicted molar refractivity (Wildman–Crippen MR) is 115 cm³/mol. The van der Waals surface area contributed by atoms with Crippen molar-refractivity contribution in [3.63, 3.8) is 0 Å². The summed E-state index contributed by atoms with van der Waals surface area (Å²) < 4.78 is 0. The highest BCUT2D eigenvalue weighted by atomic mass is 35.5. The van der Waals surface area contributed by atoms with Crippen molar-refractivity contribution in [2.75, 3.05) is 41.3 Å². The molecule has 1 saturated heterocycles. The molecule has 0 radical (unpaired) electrons. The average Bonchev–Trinajstić information content (AvgIpc) is 2.75. The molecule has 3 aromatic rings. The molecule has 0 spiro atoms. The van der Waals surface area contributed by atoms with Crippen LogP contribution in [0.15, 0.2) is 72.9 Å². The van der Waals surface area contributed by atoms with Gasteiger partial charge in [-0.3, -0.25) is 4.79 Å². The SMILES string of the molecule is O=C(Nc1ccc(N2CCN(c3ccccc3)CC2)nc1)c1cccc(Cl)c1. The van der Waals surface area contributed by atoms with E-state index in [1.54, 1.807) is 30.5 Å². The second-order valence-electron chi connectivity index (χ2n) is 6.68. The van der Waals surface area contributed by atoms with Crippen LogP contribution in [0.5, 0.6) is 0 Å². The van der Waals surface area contributed by atoms with Crippen molar-refractivity contribution in [2.24, 2.45) is 0 Å². The molecule has 4 rings (SSSR count). The highest BCUT2D eigenvalue weighted by Crippen LogP contribution is 2.20. The summed E-state index contributed by atoms with van der Waals surface area (Å²) >= 11 is 5.95. The number of aromatic nitrogens is 1. The Labute approximate surface area is 169 Å². The molecular formula is C22H21ClN4O. The van der Waals surface area contributed by atoms with E-state index in [9.17, 15) is 4.79 Å². The van der Waals surface area contributed by atoms with Gasteiger partial charge in [0.1, 0.15) is 5.82 Å². The number of hydrogen-bond acceptors (Lipinski definition) is 4. The van der Waals surface area contributed by atoms with Crippen LogP contribution in [-0.2, 0) is 0 Å². The van der Waals surface area contributed by atoms with Gasteiger partial charge in [-0.05, 0) is 42.5 Å². The third-order valence-electron chi connectivity index (χ3n) is 4.82. The Morgan fingerprint density at radius 3 is 2.32 bits per heavy atom. The van der Waals surface area contributed by atoms with E-state index >= 15 is 0 Å². The number of halogens is 1. The normalized spacial score (nSPS) is 14.0. The molecule has 2 heterocycles. The number of nitrogens with one attached hydrogen (secondary N) is 1. The fourth-order valence-electron chi connectivity index (χ4n) is 3.31. The van der Waals surface area contributed by atoms with Gasteiger partial charge in [-0.2, -0.15) is 0 Å². The summed E-state index contributed by atoms with van der Waals surface area (Å²) in [4.78, 5) is 21.5. The monoisotopic (exact) mass is 392 g/mol. The molecule has 2 aromatic carbocycles. The van der Waals surface area contributed by atoms with Crippen LogP contribution in [0.1, 0.15) is 10.4 Å². The van der Waals surface area contributed by atoms with Crippen LogP contribution in [0.2, 0.25) is 5.02 Å². The lowest BCUT2D eigenvalue weighted by Crippen LogP contribution is -2.46. The van der Waals surface area contributed by atoms with Gasteiger partial charge in [0.25, 0.3) is 5.91 Å². The van der Waals surface area contributed by atoms with Crippen molar-refractivity contribution in [2.45, 2.75) is 0 Å². The summed E-state index contributed by atoms with van der Waals surface area (Å²) in [6.07, 6.45) is 1.70. The van der Waals surface area contributed by atoms with Gasteiger partial charge in [0.2, 0.25) is 0 Å². The van der Waals surface area contributed by atoms with E-state index < -0.39 is 0 Å². The van der Waals surface area contributed by atoms with Gasteiger partial charge in [0.05, 0.1) is 11.9 Å². The van der Waals surface area contributed by atoms with Crippen LogP contribution in [0, 0.1) is 0 Å². The average molecular weight is 393 g/mol. The second-order valence-corrected chi connectivity index (χ2v) is 7.12. The van der Waals surface area contributed by atoms with Crippen LogP contribution in [0.25, 0.3) is 0 Å². The summed E-state index contributed by atoms with van der Waals surface area (Å²) in [7, 11) is 0. The van der Waals surface area contributed by atoms with E-state index in [4.69, 9.17) is 11.6 Å². The molecule has 1 amide bonds. The zero-order valence-corrected chi connectivity index (χ0v) is 16.1. The minimum absolute atomic E-state index is 0.200. The topological polar surface area (TPSA) is 48.5 Å². The number of nitrogens with zero attached hydrogens (tertiary/aromatic N) is 3. The lowest BCUT2D eigenvalue weighted by Gasteiger charge is -2.36. The van der Waals surface area contributed by atoms with Gasteiger partial charge in [0.15, 0.2) is 0 Å². The van der Waals surface area contributed by atoms with Crippen molar-refractivity contribution < 1.29 is 4.79 Å².